The maximum absolute atomic E-state index is 14.0. The monoisotopic (exact) mass is 497 g/mol. The minimum Gasteiger partial charge on any atom is -0.383 e. The predicted octanol–water partition coefficient (Wildman–Crippen LogP) is 5.22. The minimum absolute atomic E-state index is 0.0357. The first-order valence-electron chi connectivity index (χ1n) is 10.7. The van der Waals surface area contributed by atoms with Gasteiger partial charge in [0.15, 0.2) is 0 Å². The van der Waals surface area contributed by atoms with Crippen LogP contribution in [-0.4, -0.2) is 29.1 Å². The van der Waals surface area contributed by atoms with E-state index < -0.39 is 17.3 Å². The van der Waals surface area contributed by atoms with Crippen molar-refractivity contribution in [3.8, 4) is 23.4 Å². The van der Waals surface area contributed by atoms with Crippen LogP contribution in [0.4, 0.5) is 30.6 Å². The lowest BCUT2D eigenvalue weighted by Crippen LogP contribution is -2.43. The van der Waals surface area contributed by atoms with E-state index in [1.54, 1.807) is 47.4 Å². The molecule has 0 radical (unpaired) electrons. The summed E-state index contributed by atoms with van der Waals surface area (Å²) in [6, 6.07) is 14.0. The van der Waals surface area contributed by atoms with Gasteiger partial charge in [0.25, 0.3) is 0 Å². The highest BCUT2D eigenvalue weighted by atomic mass is 35.5. The van der Waals surface area contributed by atoms with Crippen LogP contribution in [0.2, 0.25) is 5.02 Å². The Morgan fingerprint density at radius 3 is 2.54 bits per heavy atom. The molecule has 11 heteroatoms. The Bertz CT molecular complexity index is 1340. The predicted molar refractivity (Wildman–Crippen MR) is 127 cm³/mol. The standard InChI is InChI=1S/C24H19ClF3N7/c25-19-6-2-1-5-16(19)20-10-18(24(26,27)28)17(12-30)23(33-20)35-9-3-4-15(13-35)32-21-8-7-14(11-29)22(31)34-21/h1-2,5-8,10,15H,3-4,9,13H2,(H3,31,32,34). The number of pyridine rings is 2. The molecule has 1 aromatic carbocycles. The Morgan fingerprint density at radius 2 is 1.89 bits per heavy atom. The summed E-state index contributed by atoms with van der Waals surface area (Å²) in [5.74, 6) is 0.486. The molecule has 3 heterocycles. The highest BCUT2D eigenvalue weighted by molar-refractivity contribution is 6.33. The molecule has 1 unspecified atom stereocenters. The zero-order valence-corrected chi connectivity index (χ0v) is 19.0. The van der Waals surface area contributed by atoms with Crippen molar-refractivity contribution >= 4 is 29.1 Å². The number of aromatic nitrogens is 2. The van der Waals surface area contributed by atoms with Crippen molar-refractivity contribution in [2.24, 2.45) is 0 Å². The van der Waals surface area contributed by atoms with Crippen LogP contribution in [-0.2, 0) is 6.18 Å². The van der Waals surface area contributed by atoms with Gasteiger partial charge in [-0.15, -0.1) is 0 Å². The Labute approximate surface area is 204 Å². The molecule has 0 bridgehead atoms. The number of nitrogens with two attached hydrogens (primary N) is 1. The molecule has 1 atom stereocenters. The van der Waals surface area contributed by atoms with Crippen LogP contribution in [0.25, 0.3) is 11.3 Å². The van der Waals surface area contributed by atoms with Crippen molar-refractivity contribution in [3.05, 3.63) is 64.2 Å². The molecular formula is C24H19ClF3N7. The topological polar surface area (TPSA) is 115 Å². The van der Waals surface area contributed by atoms with E-state index in [1.807, 2.05) is 6.07 Å². The second-order valence-corrected chi connectivity index (χ2v) is 8.42. The number of nitrogen functional groups attached to an aromatic ring is 1. The molecule has 0 saturated carbocycles. The second kappa shape index (κ2) is 9.69. The Balaban J connectivity index is 1.72. The molecule has 2 aromatic heterocycles. The Morgan fingerprint density at radius 1 is 1.11 bits per heavy atom. The van der Waals surface area contributed by atoms with Gasteiger partial charge in [0.2, 0.25) is 0 Å². The van der Waals surface area contributed by atoms with Crippen LogP contribution in [0, 0.1) is 22.7 Å². The van der Waals surface area contributed by atoms with Crippen LogP contribution < -0.4 is 16.0 Å². The summed E-state index contributed by atoms with van der Waals surface area (Å²) in [6.07, 6.45) is -3.39. The van der Waals surface area contributed by atoms with Gasteiger partial charge in [0.1, 0.15) is 35.2 Å². The van der Waals surface area contributed by atoms with E-state index in [0.29, 0.717) is 24.3 Å². The number of benzene rings is 1. The lowest BCUT2D eigenvalue weighted by molar-refractivity contribution is -0.137. The zero-order valence-electron chi connectivity index (χ0n) is 18.3. The van der Waals surface area contributed by atoms with E-state index in [2.05, 4.69) is 15.3 Å². The third-order valence-electron chi connectivity index (χ3n) is 5.69. The van der Waals surface area contributed by atoms with Crippen LogP contribution >= 0.6 is 11.6 Å². The van der Waals surface area contributed by atoms with Gasteiger partial charge in [-0.1, -0.05) is 29.8 Å². The zero-order chi connectivity index (χ0) is 25.2. The maximum Gasteiger partial charge on any atom is 0.417 e. The van der Waals surface area contributed by atoms with Gasteiger partial charge in [-0.25, -0.2) is 9.97 Å². The first-order chi connectivity index (χ1) is 16.7. The molecule has 1 aliphatic heterocycles. The van der Waals surface area contributed by atoms with Gasteiger partial charge in [0.05, 0.1) is 16.8 Å². The quantitative estimate of drug-likeness (QED) is 0.507. The molecule has 7 nitrogen and oxygen atoms in total. The number of nitrogens with zero attached hydrogens (tertiary/aromatic N) is 5. The number of nitrogens with one attached hydrogen (secondary N) is 1. The van der Waals surface area contributed by atoms with Crippen molar-refractivity contribution in [1.82, 2.24) is 9.97 Å². The Hall–Kier alpha value is -4.02. The minimum atomic E-state index is -4.75. The van der Waals surface area contributed by atoms with Crippen molar-refractivity contribution in [3.63, 3.8) is 0 Å². The van der Waals surface area contributed by atoms with Crippen LogP contribution in [0.5, 0.6) is 0 Å². The summed E-state index contributed by atoms with van der Waals surface area (Å²) < 4.78 is 41.9. The molecule has 178 valence electrons. The van der Waals surface area contributed by atoms with E-state index >= 15 is 0 Å². The first-order valence-corrected chi connectivity index (χ1v) is 11.0. The molecule has 1 aliphatic rings. The lowest BCUT2D eigenvalue weighted by atomic mass is 10.0. The van der Waals surface area contributed by atoms with Gasteiger partial charge >= 0.3 is 6.18 Å². The fraction of sp³-hybridized carbons (Fsp3) is 0.250. The number of alkyl halides is 3. The molecule has 0 amide bonds. The van der Waals surface area contributed by atoms with Gasteiger partial charge in [-0.2, -0.15) is 23.7 Å². The Kier molecular flexibility index (Phi) is 6.68. The summed E-state index contributed by atoms with van der Waals surface area (Å²) in [7, 11) is 0. The van der Waals surface area contributed by atoms with E-state index in [4.69, 9.17) is 22.6 Å². The third kappa shape index (κ3) is 5.08. The molecule has 35 heavy (non-hydrogen) atoms. The number of rotatable bonds is 4. The van der Waals surface area contributed by atoms with E-state index in [-0.39, 0.29) is 40.5 Å². The average molecular weight is 498 g/mol. The fourth-order valence-electron chi connectivity index (χ4n) is 4.05. The highest BCUT2D eigenvalue weighted by Crippen LogP contribution is 2.39. The highest BCUT2D eigenvalue weighted by Gasteiger charge is 2.37. The summed E-state index contributed by atoms with van der Waals surface area (Å²) in [5.41, 5.74) is 4.82. The fourth-order valence-corrected chi connectivity index (χ4v) is 4.28. The molecule has 0 aliphatic carbocycles. The molecule has 1 saturated heterocycles. The van der Waals surface area contributed by atoms with E-state index in [1.165, 1.54) is 0 Å². The van der Waals surface area contributed by atoms with E-state index in [9.17, 15) is 18.4 Å². The van der Waals surface area contributed by atoms with Gasteiger partial charge in [-0.05, 0) is 37.1 Å². The summed E-state index contributed by atoms with van der Waals surface area (Å²) in [5, 5.41) is 22.2. The van der Waals surface area contributed by atoms with Crippen molar-refractivity contribution < 1.29 is 13.2 Å². The second-order valence-electron chi connectivity index (χ2n) is 8.01. The van der Waals surface area contributed by atoms with Crippen molar-refractivity contribution in [1.29, 1.82) is 10.5 Å². The van der Waals surface area contributed by atoms with Gasteiger partial charge in [0, 0.05) is 29.7 Å². The SMILES string of the molecule is N#Cc1ccc(NC2CCCN(c3nc(-c4ccccc4Cl)cc(C(F)(F)F)c3C#N)C2)nc1N. The van der Waals surface area contributed by atoms with Gasteiger partial charge in [-0.3, -0.25) is 0 Å². The average Bonchev–Trinajstić information content (AvgIpc) is 2.83. The molecule has 4 rings (SSSR count). The first kappa shape index (κ1) is 24.1. The van der Waals surface area contributed by atoms with Crippen molar-refractivity contribution in [2.45, 2.75) is 25.1 Å². The van der Waals surface area contributed by atoms with Crippen LogP contribution in [0.15, 0.2) is 42.5 Å². The molecule has 3 N–H and O–H groups in total. The molecule has 0 spiro atoms. The smallest absolute Gasteiger partial charge is 0.383 e. The number of nitriles is 2. The number of hydrogen-bond donors (Lipinski definition) is 2. The summed E-state index contributed by atoms with van der Waals surface area (Å²) in [6.45, 7) is 0.707. The maximum atomic E-state index is 14.0. The number of anilines is 3. The largest absolute Gasteiger partial charge is 0.417 e. The van der Waals surface area contributed by atoms with E-state index in [0.717, 1.165) is 12.5 Å². The van der Waals surface area contributed by atoms with Crippen LogP contribution in [0.3, 0.4) is 0 Å². The number of hydrogen-bond acceptors (Lipinski definition) is 7. The van der Waals surface area contributed by atoms with Crippen molar-refractivity contribution in [2.75, 3.05) is 29.0 Å². The number of piperidine rings is 1. The number of halogens is 4. The molecule has 3 aromatic rings. The molecule has 1 fully saturated rings. The lowest BCUT2D eigenvalue weighted by Gasteiger charge is -2.35. The summed E-state index contributed by atoms with van der Waals surface area (Å²) >= 11 is 6.24. The van der Waals surface area contributed by atoms with Gasteiger partial charge < -0.3 is 16.0 Å². The molecular weight excluding hydrogens is 479 g/mol. The summed E-state index contributed by atoms with van der Waals surface area (Å²) in [4.78, 5) is 10.3. The third-order valence-corrected chi connectivity index (χ3v) is 6.02. The van der Waals surface area contributed by atoms with Crippen LogP contribution in [0.1, 0.15) is 29.5 Å². The normalized spacial score (nSPS) is 15.8.